The number of hydrogen-bond acceptors (Lipinski definition) is 6. The fraction of sp³-hybridized carbons (Fsp3) is 0.524. The van der Waals surface area contributed by atoms with Crippen molar-refractivity contribution in [2.45, 2.75) is 50.0 Å². The Morgan fingerprint density at radius 2 is 1.93 bits per heavy atom. The van der Waals surface area contributed by atoms with E-state index in [1.165, 1.54) is 0 Å². The van der Waals surface area contributed by atoms with Crippen molar-refractivity contribution < 1.29 is 13.2 Å². The van der Waals surface area contributed by atoms with Gasteiger partial charge in [0.1, 0.15) is 5.82 Å². The summed E-state index contributed by atoms with van der Waals surface area (Å²) in [6.07, 6.45) is 5.33. The molecule has 4 rings (SSSR count). The maximum Gasteiger partial charge on any atom is 0.243 e. The first-order valence-corrected chi connectivity index (χ1v) is 11.8. The van der Waals surface area contributed by atoms with Crippen molar-refractivity contribution >= 4 is 15.8 Å². The van der Waals surface area contributed by atoms with Gasteiger partial charge in [0.05, 0.1) is 16.7 Å². The van der Waals surface area contributed by atoms with Gasteiger partial charge in [-0.1, -0.05) is 18.6 Å². The molecule has 0 radical (unpaired) electrons. The third kappa shape index (κ3) is 4.60. The van der Waals surface area contributed by atoms with Crippen molar-refractivity contribution in [2.75, 3.05) is 31.6 Å². The molecule has 0 aliphatic carbocycles. The molecule has 2 aliphatic heterocycles. The summed E-state index contributed by atoms with van der Waals surface area (Å²) in [5, 5.41) is 11.8. The quantitative estimate of drug-likeness (QED) is 0.778. The Morgan fingerprint density at radius 1 is 1.10 bits per heavy atom. The summed E-state index contributed by atoms with van der Waals surface area (Å²) in [7, 11) is -3.49. The largest absolute Gasteiger partial charge is 0.376 e. The fourth-order valence-electron chi connectivity index (χ4n) is 3.89. The molecule has 0 amide bonds. The molecule has 29 heavy (non-hydrogen) atoms. The number of aromatic nitrogens is 2. The Bertz CT molecular complexity index is 935. The Labute approximate surface area is 172 Å². The van der Waals surface area contributed by atoms with E-state index < -0.39 is 10.0 Å². The molecule has 1 aromatic carbocycles. The number of nitrogens with one attached hydrogen (secondary N) is 1. The molecule has 0 saturated carbocycles. The third-order valence-electron chi connectivity index (χ3n) is 5.62. The molecule has 3 heterocycles. The van der Waals surface area contributed by atoms with Gasteiger partial charge in [0.15, 0.2) is 0 Å². The molecule has 7 nitrogen and oxygen atoms in total. The van der Waals surface area contributed by atoms with E-state index in [4.69, 9.17) is 4.74 Å². The number of nitrogens with zero attached hydrogens (tertiary/aromatic N) is 3. The number of rotatable bonds is 6. The first-order valence-electron chi connectivity index (χ1n) is 10.3. The minimum absolute atomic E-state index is 0.233. The van der Waals surface area contributed by atoms with Gasteiger partial charge in [-0.15, -0.1) is 10.2 Å². The lowest BCUT2D eigenvalue weighted by molar-refractivity contribution is 0.120. The van der Waals surface area contributed by atoms with E-state index in [0.717, 1.165) is 56.4 Å². The summed E-state index contributed by atoms with van der Waals surface area (Å²) in [4.78, 5) is 0.360. The first-order chi connectivity index (χ1) is 14.0. The highest BCUT2D eigenvalue weighted by atomic mass is 32.2. The molecule has 2 fully saturated rings. The van der Waals surface area contributed by atoms with Crippen LogP contribution in [0.3, 0.4) is 0 Å². The number of hydrogen-bond donors (Lipinski definition) is 1. The van der Waals surface area contributed by atoms with Gasteiger partial charge >= 0.3 is 0 Å². The average molecular weight is 417 g/mol. The molecule has 0 spiro atoms. The lowest BCUT2D eigenvalue weighted by Crippen LogP contribution is -2.35. The monoisotopic (exact) mass is 416 g/mol. The highest BCUT2D eigenvalue weighted by Gasteiger charge is 2.27. The minimum atomic E-state index is -3.49. The number of piperidine rings is 1. The van der Waals surface area contributed by atoms with Crippen LogP contribution in [0.1, 0.15) is 37.7 Å². The van der Waals surface area contributed by atoms with Crippen LogP contribution in [0.4, 0.5) is 5.82 Å². The van der Waals surface area contributed by atoms with Crippen molar-refractivity contribution in [3.8, 4) is 11.3 Å². The molecule has 156 valence electrons. The zero-order valence-corrected chi connectivity index (χ0v) is 17.6. The summed E-state index contributed by atoms with van der Waals surface area (Å²) in [6, 6.07) is 9.21. The van der Waals surface area contributed by atoms with E-state index >= 15 is 0 Å². The summed E-state index contributed by atoms with van der Waals surface area (Å²) in [6.45, 7) is 4.57. The molecule has 2 aromatic rings. The van der Waals surface area contributed by atoms with E-state index in [1.807, 2.05) is 31.2 Å². The fourth-order valence-corrected chi connectivity index (χ4v) is 5.65. The van der Waals surface area contributed by atoms with Crippen LogP contribution in [0.25, 0.3) is 11.3 Å². The van der Waals surface area contributed by atoms with Crippen LogP contribution >= 0.6 is 0 Å². The van der Waals surface area contributed by atoms with Gasteiger partial charge in [-0.25, -0.2) is 8.42 Å². The summed E-state index contributed by atoms with van der Waals surface area (Å²) in [5.74, 6) is 0.692. The van der Waals surface area contributed by atoms with Crippen LogP contribution in [-0.2, 0) is 14.8 Å². The predicted octanol–water partition coefficient (Wildman–Crippen LogP) is 3.22. The molecule has 1 N–H and O–H groups in total. The number of sulfonamides is 1. The van der Waals surface area contributed by atoms with Crippen molar-refractivity contribution in [2.24, 2.45) is 0 Å². The van der Waals surface area contributed by atoms with Crippen molar-refractivity contribution in [3.63, 3.8) is 0 Å². The maximum absolute atomic E-state index is 13.1. The van der Waals surface area contributed by atoms with Gasteiger partial charge in [-0.05, 0) is 56.4 Å². The van der Waals surface area contributed by atoms with E-state index in [1.54, 1.807) is 10.4 Å². The standard InChI is InChI=1S/C21H28N4O3S/c1-16-7-8-17(14-20(16)29(26,27)25-11-3-2-4-12-25)19-9-10-21(24-23-19)22-15-18-6-5-13-28-18/h7-10,14,18H,2-6,11-13,15H2,1H3,(H,22,24). The Balaban J connectivity index is 1.52. The maximum atomic E-state index is 13.1. The molecular formula is C21H28N4O3S. The zero-order valence-electron chi connectivity index (χ0n) is 16.8. The van der Waals surface area contributed by atoms with Crippen molar-refractivity contribution in [1.82, 2.24) is 14.5 Å². The molecular weight excluding hydrogens is 388 g/mol. The highest BCUT2D eigenvalue weighted by Crippen LogP contribution is 2.28. The average Bonchev–Trinajstić information content (AvgIpc) is 3.27. The molecule has 1 unspecified atom stereocenters. The van der Waals surface area contributed by atoms with Crippen LogP contribution in [-0.4, -0.2) is 55.3 Å². The first kappa shape index (κ1) is 20.3. The van der Waals surface area contributed by atoms with Gasteiger partial charge in [-0.2, -0.15) is 4.31 Å². The predicted molar refractivity (Wildman–Crippen MR) is 112 cm³/mol. The molecule has 1 atom stereocenters. The van der Waals surface area contributed by atoms with E-state index in [-0.39, 0.29) is 6.10 Å². The topological polar surface area (TPSA) is 84.4 Å². The van der Waals surface area contributed by atoms with Gasteiger partial charge in [0, 0.05) is 31.8 Å². The highest BCUT2D eigenvalue weighted by molar-refractivity contribution is 7.89. The van der Waals surface area contributed by atoms with Crippen LogP contribution in [0.5, 0.6) is 0 Å². The van der Waals surface area contributed by atoms with Crippen LogP contribution in [0, 0.1) is 6.92 Å². The second-order valence-electron chi connectivity index (χ2n) is 7.76. The van der Waals surface area contributed by atoms with Crippen LogP contribution < -0.4 is 5.32 Å². The van der Waals surface area contributed by atoms with Crippen LogP contribution in [0.15, 0.2) is 35.2 Å². The third-order valence-corrected chi connectivity index (χ3v) is 7.66. The molecule has 1 aromatic heterocycles. The van der Waals surface area contributed by atoms with E-state index in [0.29, 0.717) is 29.5 Å². The summed E-state index contributed by atoms with van der Waals surface area (Å²) >= 11 is 0. The van der Waals surface area contributed by atoms with Gasteiger partial charge < -0.3 is 10.1 Å². The Morgan fingerprint density at radius 3 is 2.62 bits per heavy atom. The number of benzene rings is 1. The van der Waals surface area contributed by atoms with Crippen molar-refractivity contribution in [3.05, 3.63) is 35.9 Å². The molecule has 0 bridgehead atoms. The van der Waals surface area contributed by atoms with E-state index in [2.05, 4.69) is 15.5 Å². The normalized spacial score (nSPS) is 20.7. The van der Waals surface area contributed by atoms with Crippen LogP contribution in [0.2, 0.25) is 0 Å². The Hall–Kier alpha value is -2.03. The number of anilines is 1. The number of ether oxygens (including phenoxy) is 1. The molecule has 2 saturated heterocycles. The molecule has 2 aliphatic rings. The lowest BCUT2D eigenvalue weighted by atomic mass is 10.1. The second-order valence-corrected chi connectivity index (χ2v) is 9.67. The van der Waals surface area contributed by atoms with Gasteiger partial charge in [-0.3, -0.25) is 0 Å². The minimum Gasteiger partial charge on any atom is -0.376 e. The van der Waals surface area contributed by atoms with Gasteiger partial charge in [0.25, 0.3) is 0 Å². The summed E-state index contributed by atoms with van der Waals surface area (Å²) < 4.78 is 33.5. The molecule has 8 heteroatoms. The van der Waals surface area contributed by atoms with Gasteiger partial charge in [0.2, 0.25) is 10.0 Å². The SMILES string of the molecule is Cc1ccc(-c2ccc(NCC3CCCO3)nn2)cc1S(=O)(=O)N1CCCCC1. The zero-order chi connectivity index (χ0) is 20.3. The second kappa shape index (κ2) is 8.77. The lowest BCUT2D eigenvalue weighted by Gasteiger charge is -2.26. The van der Waals surface area contributed by atoms with E-state index in [9.17, 15) is 8.42 Å². The number of aryl methyl sites for hydroxylation is 1. The van der Waals surface area contributed by atoms with Crippen molar-refractivity contribution in [1.29, 1.82) is 0 Å². The Kier molecular flexibility index (Phi) is 6.12. The smallest absolute Gasteiger partial charge is 0.243 e. The summed E-state index contributed by atoms with van der Waals surface area (Å²) in [5.41, 5.74) is 2.16.